The molecule has 0 saturated heterocycles. The molecule has 5 atom stereocenters. The predicted molar refractivity (Wildman–Crippen MR) is 377 cm³/mol. The molecule has 0 aromatic rings. The number of aliphatic hydroxyl groups is 1. The zero-order chi connectivity index (χ0) is 68.9. The topological polar surface area (TPSA) is 237 Å². The third kappa shape index (κ3) is 68.4. The highest BCUT2D eigenvalue weighted by Gasteiger charge is 2.30. The first kappa shape index (κ1) is 91.1. The lowest BCUT2D eigenvalue weighted by atomic mass is 10.0. The Bertz CT molecular complexity index is 1830. The number of phosphoric acid groups is 2. The summed E-state index contributed by atoms with van der Waals surface area (Å²) in [6, 6.07) is 0. The van der Waals surface area contributed by atoms with Gasteiger partial charge in [-0.05, 0) is 49.4 Å². The highest BCUT2D eigenvalue weighted by atomic mass is 31.2. The summed E-state index contributed by atoms with van der Waals surface area (Å²) in [5, 5.41) is 10.6. The van der Waals surface area contributed by atoms with E-state index in [0.29, 0.717) is 31.6 Å². The summed E-state index contributed by atoms with van der Waals surface area (Å²) in [6.45, 7) is 14.1. The summed E-state index contributed by atoms with van der Waals surface area (Å²) < 4.78 is 68.4. The van der Waals surface area contributed by atoms with Crippen LogP contribution in [0.1, 0.15) is 370 Å². The number of hydrogen-bond acceptors (Lipinski definition) is 15. The molecule has 0 aromatic heterocycles. The number of phosphoric ester groups is 2. The first-order valence-corrected chi connectivity index (χ1v) is 41.2. The molecule has 0 rings (SSSR count). The van der Waals surface area contributed by atoms with Crippen LogP contribution in [0.4, 0.5) is 0 Å². The van der Waals surface area contributed by atoms with Gasteiger partial charge in [0, 0.05) is 25.7 Å². The molecule has 0 aliphatic rings. The Labute approximate surface area is 568 Å². The van der Waals surface area contributed by atoms with Crippen molar-refractivity contribution in [3.8, 4) is 0 Å². The second-order valence-electron chi connectivity index (χ2n) is 28.6. The van der Waals surface area contributed by atoms with Gasteiger partial charge in [0.25, 0.3) is 0 Å². The van der Waals surface area contributed by atoms with Gasteiger partial charge in [0.2, 0.25) is 0 Å². The van der Waals surface area contributed by atoms with E-state index in [-0.39, 0.29) is 25.7 Å². The molecule has 2 unspecified atom stereocenters. The van der Waals surface area contributed by atoms with Crippen LogP contribution in [0.3, 0.4) is 0 Å². The van der Waals surface area contributed by atoms with Crippen molar-refractivity contribution in [2.75, 3.05) is 39.6 Å². The molecule has 0 heterocycles. The fourth-order valence-electron chi connectivity index (χ4n) is 11.2. The van der Waals surface area contributed by atoms with Gasteiger partial charge in [0.1, 0.15) is 19.3 Å². The monoisotopic (exact) mass is 1370 g/mol. The Kier molecular flexibility index (Phi) is 62.2. The minimum atomic E-state index is -4.96. The van der Waals surface area contributed by atoms with Gasteiger partial charge in [0.05, 0.1) is 26.4 Å². The van der Waals surface area contributed by atoms with E-state index in [1.54, 1.807) is 0 Å². The van der Waals surface area contributed by atoms with Crippen molar-refractivity contribution in [2.24, 2.45) is 23.7 Å². The van der Waals surface area contributed by atoms with E-state index < -0.39 is 97.5 Å². The number of rotatable bonds is 71. The summed E-state index contributed by atoms with van der Waals surface area (Å²) in [7, 11) is -9.91. The zero-order valence-electron chi connectivity index (χ0n) is 60.9. The van der Waals surface area contributed by atoms with Crippen LogP contribution in [0.2, 0.25) is 0 Å². The average molecular weight is 1370 g/mol. The quantitative estimate of drug-likeness (QED) is 0.0222. The molecule has 0 bridgehead atoms. The number of esters is 4. The standard InChI is InChI=1S/C74H144O17P2/c1-64(2)50-42-34-26-20-16-12-9-10-14-18-22-29-38-46-54-71(76)84-60-69(90-73(78)56-48-40-30-23-19-15-11-13-17-21-27-35-43-51-65(3)4)62-88-92(80,81)86-58-68(75)59-87-93(82,83)89-63-70(61-85-72(77)55-47-39-33-32-37-45-53-67(7)8)91-74(79)57-49-41-31-25-24-28-36-44-52-66(5)6/h64-70,75H,9-63H2,1-8H3,(H,80,81)(H,82,83)/t68-,69-,70-/m1/s1. The Hall–Kier alpha value is -1.94. The number of carbonyl (C=O) groups excluding carboxylic acids is 4. The molecule has 0 spiro atoms. The van der Waals surface area contributed by atoms with Crippen LogP contribution in [0.25, 0.3) is 0 Å². The van der Waals surface area contributed by atoms with Crippen LogP contribution in [0.15, 0.2) is 0 Å². The summed E-state index contributed by atoms with van der Waals surface area (Å²) >= 11 is 0. The molecule has 0 aliphatic heterocycles. The van der Waals surface area contributed by atoms with E-state index in [2.05, 4.69) is 55.4 Å². The minimum absolute atomic E-state index is 0.103. The Morgan fingerprint density at radius 2 is 0.452 bits per heavy atom. The number of unbranched alkanes of at least 4 members (excludes halogenated alkanes) is 37. The first-order valence-electron chi connectivity index (χ1n) is 38.2. The average Bonchev–Trinajstić information content (AvgIpc) is 3.13. The van der Waals surface area contributed by atoms with Crippen molar-refractivity contribution >= 4 is 39.5 Å². The summed E-state index contributed by atoms with van der Waals surface area (Å²) in [5.74, 6) is 0.857. The molecular formula is C74H144O17P2. The van der Waals surface area contributed by atoms with Gasteiger partial charge in [-0.15, -0.1) is 0 Å². The van der Waals surface area contributed by atoms with Crippen LogP contribution >= 0.6 is 15.6 Å². The van der Waals surface area contributed by atoms with Gasteiger partial charge in [-0.3, -0.25) is 37.3 Å². The number of carbonyl (C=O) groups is 4. The van der Waals surface area contributed by atoms with E-state index in [0.717, 1.165) is 114 Å². The summed E-state index contributed by atoms with van der Waals surface area (Å²) in [5.41, 5.74) is 0. The fourth-order valence-corrected chi connectivity index (χ4v) is 12.8. The van der Waals surface area contributed by atoms with Crippen LogP contribution in [-0.2, 0) is 65.4 Å². The lowest BCUT2D eigenvalue weighted by molar-refractivity contribution is -0.161. The van der Waals surface area contributed by atoms with Crippen molar-refractivity contribution < 1.29 is 80.2 Å². The predicted octanol–water partition coefficient (Wildman–Crippen LogP) is 21.3. The minimum Gasteiger partial charge on any atom is -0.462 e. The maximum absolute atomic E-state index is 13.1. The van der Waals surface area contributed by atoms with Crippen molar-refractivity contribution in [3.63, 3.8) is 0 Å². The van der Waals surface area contributed by atoms with Gasteiger partial charge in [-0.25, -0.2) is 9.13 Å². The van der Waals surface area contributed by atoms with Crippen molar-refractivity contribution in [2.45, 2.75) is 388 Å². The van der Waals surface area contributed by atoms with Crippen LogP contribution < -0.4 is 0 Å². The van der Waals surface area contributed by atoms with Gasteiger partial charge in [0.15, 0.2) is 12.2 Å². The van der Waals surface area contributed by atoms with Gasteiger partial charge in [-0.1, -0.05) is 319 Å². The number of ether oxygens (including phenoxy) is 4. The Morgan fingerprint density at radius 3 is 0.667 bits per heavy atom. The second kappa shape index (κ2) is 63.5. The summed E-state index contributed by atoms with van der Waals surface area (Å²) in [4.78, 5) is 72.7. The van der Waals surface area contributed by atoms with Crippen molar-refractivity contribution in [1.82, 2.24) is 0 Å². The highest BCUT2D eigenvalue weighted by molar-refractivity contribution is 7.47. The highest BCUT2D eigenvalue weighted by Crippen LogP contribution is 2.45. The molecule has 552 valence electrons. The summed E-state index contributed by atoms with van der Waals surface area (Å²) in [6.07, 6.45) is 47.4. The van der Waals surface area contributed by atoms with Crippen LogP contribution in [-0.4, -0.2) is 96.7 Å². The fraction of sp³-hybridized carbons (Fsp3) is 0.946. The molecular weight excluding hydrogens is 1220 g/mol. The lowest BCUT2D eigenvalue weighted by Gasteiger charge is -2.21. The Balaban J connectivity index is 5.23. The molecule has 0 radical (unpaired) electrons. The molecule has 17 nitrogen and oxygen atoms in total. The SMILES string of the molecule is CC(C)CCCCCCCCCCCCCCCCC(=O)OC[C@H](COP(=O)(O)OC[C@@H](O)COP(=O)(O)OC[C@@H](COC(=O)CCCCCCCCC(C)C)OC(=O)CCCCCCCCCCC(C)C)OC(=O)CCCCCCCCCCCCCCCC(C)C. The molecule has 0 saturated carbocycles. The first-order chi connectivity index (χ1) is 44.6. The van der Waals surface area contributed by atoms with Gasteiger partial charge in [-0.2, -0.15) is 0 Å². The van der Waals surface area contributed by atoms with Crippen LogP contribution in [0.5, 0.6) is 0 Å². The maximum Gasteiger partial charge on any atom is 0.472 e. The Morgan fingerprint density at radius 1 is 0.269 bits per heavy atom. The molecule has 93 heavy (non-hydrogen) atoms. The second-order valence-corrected chi connectivity index (χ2v) is 31.5. The third-order valence-electron chi connectivity index (χ3n) is 17.1. The zero-order valence-corrected chi connectivity index (χ0v) is 62.7. The molecule has 0 amide bonds. The van der Waals surface area contributed by atoms with Gasteiger partial charge >= 0.3 is 39.5 Å². The molecule has 19 heteroatoms. The van der Waals surface area contributed by atoms with Crippen molar-refractivity contribution in [3.05, 3.63) is 0 Å². The van der Waals surface area contributed by atoms with E-state index in [9.17, 15) is 43.2 Å². The maximum atomic E-state index is 13.1. The van der Waals surface area contributed by atoms with E-state index in [4.69, 9.17) is 37.0 Å². The van der Waals surface area contributed by atoms with E-state index >= 15 is 0 Å². The lowest BCUT2D eigenvalue weighted by Crippen LogP contribution is -2.30. The number of aliphatic hydroxyl groups excluding tert-OH is 1. The number of hydrogen-bond donors (Lipinski definition) is 3. The van der Waals surface area contributed by atoms with E-state index in [1.807, 2.05) is 0 Å². The third-order valence-corrected chi connectivity index (χ3v) is 19.0. The smallest absolute Gasteiger partial charge is 0.462 e. The molecule has 3 N–H and O–H groups in total. The van der Waals surface area contributed by atoms with Crippen molar-refractivity contribution in [1.29, 1.82) is 0 Å². The van der Waals surface area contributed by atoms with Crippen LogP contribution in [0, 0.1) is 23.7 Å². The molecule has 0 aromatic carbocycles. The molecule has 0 fully saturated rings. The normalized spacial score (nSPS) is 14.2. The van der Waals surface area contributed by atoms with E-state index in [1.165, 1.54) is 167 Å². The largest absolute Gasteiger partial charge is 0.472 e. The molecule has 0 aliphatic carbocycles. The van der Waals surface area contributed by atoms with Gasteiger partial charge < -0.3 is 33.8 Å².